The molecule has 3 amide bonds. The molecule has 0 spiro atoms. The van der Waals surface area contributed by atoms with E-state index in [1.807, 2.05) is 12.1 Å². The van der Waals surface area contributed by atoms with Crippen molar-refractivity contribution in [3.63, 3.8) is 0 Å². The fraction of sp³-hybridized carbons (Fsp3) is 0.286. The van der Waals surface area contributed by atoms with E-state index in [2.05, 4.69) is 36.3 Å². The fourth-order valence-electron chi connectivity index (χ4n) is 2.83. The molecule has 28 heavy (non-hydrogen) atoms. The average Bonchev–Trinajstić information content (AvgIpc) is 2.67. The van der Waals surface area contributed by atoms with Crippen molar-refractivity contribution in [2.24, 2.45) is 5.73 Å². The lowest BCUT2D eigenvalue weighted by Gasteiger charge is -2.27. The summed E-state index contributed by atoms with van der Waals surface area (Å²) in [6.45, 7) is 7.02. The highest BCUT2D eigenvalue weighted by atomic mass is 16.2. The van der Waals surface area contributed by atoms with Gasteiger partial charge in [0.1, 0.15) is 0 Å². The number of hydrogen-bond acceptors (Lipinski definition) is 4. The van der Waals surface area contributed by atoms with Crippen LogP contribution < -0.4 is 21.3 Å². The number of nitrogens with two attached hydrogens (primary N) is 1. The molecule has 2 rings (SSSR count). The Morgan fingerprint density at radius 3 is 1.96 bits per heavy atom. The minimum absolute atomic E-state index is 0.223. The van der Waals surface area contributed by atoms with Crippen molar-refractivity contribution in [1.29, 1.82) is 0 Å². The van der Waals surface area contributed by atoms with Gasteiger partial charge in [0, 0.05) is 35.1 Å². The number of hydrogen-bond donors (Lipinski definition) is 3. The molecular weight excluding hydrogens is 356 g/mol. The predicted octanol–water partition coefficient (Wildman–Crippen LogP) is 2.39. The first-order chi connectivity index (χ1) is 13.3. The average molecular weight is 382 g/mol. The summed E-state index contributed by atoms with van der Waals surface area (Å²) >= 11 is 0. The number of anilines is 2. The van der Waals surface area contributed by atoms with Crippen molar-refractivity contribution < 1.29 is 14.4 Å². The Kier molecular flexibility index (Phi) is 7.14. The van der Waals surface area contributed by atoms with Crippen LogP contribution in [-0.4, -0.2) is 36.9 Å². The maximum atomic E-state index is 12.4. The number of benzene rings is 2. The molecule has 148 valence electrons. The Balaban J connectivity index is 2.00. The zero-order chi connectivity index (χ0) is 20.7. The fourth-order valence-corrected chi connectivity index (χ4v) is 2.83. The van der Waals surface area contributed by atoms with Gasteiger partial charge in [-0.25, -0.2) is 0 Å². The third-order valence-electron chi connectivity index (χ3n) is 4.25. The van der Waals surface area contributed by atoms with E-state index in [1.54, 1.807) is 36.4 Å². The van der Waals surface area contributed by atoms with Gasteiger partial charge in [-0.05, 0) is 69.3 Å². The van der Waals surface area contributed by atoms with Gasteiger partial charge in [-0.15, -0.1) is 0 Å². The number of rotatable bonds is 8. The first-order valence-electron chi connectivity index (χ1n) is 9.16. The van der Waals surface area contributed by atoms with Crippen LogP contribution in [0.25, 0.3) is 0 Å². The number of nitrogens with one attached hydrogen (secondary N) is 2. The smallest absolute Gasteiger partial charge is 0.255 e. The van der Waals surface area contributed by atoms with Crippen LogP contribution in [0.5, 0.6) is 0 Å². The van der Waals surface area contributed by atoms with Crippen molar-refractivity contribution in [2.75, 3.05) is 23.3 Å². The van der Waals surface area contributed by atoms with Crippen LogP contribution in [0.3, 0.4) is 0 Å². The maximum Gasteiger partial charge on any atom is 0.255 e. The summed E-state index contributed by atoms with van der Waals surface area (Å²) in [4.78, 5) is 37.2. The topological polar surface area (TPSA) is 105 Å². The van der Waals surface area contributed by atoms with E-state index in [0.717, 1.165) is 12.2 Å². The highest BCUT2D eigenvalue weighted by Gasteiger charge is 2.11. The van der Waals surface area contributed by atoms with Crippen molar-refractivity contribution >= 4 is 29.1 Å². The first-order valence-corrected chi connectivity index (χ1v) is 9.16. The molecular formula is C21H26N4O3. The largest absolute Gasteiger partial charge is 0.369 e. The van der Waals surface area contributed by atoms with Gasteiger partial charge in [-0.1, -0.05) is 0 Å². The normalized spacial score (nSPS) is 10.4. The Morgan fingerprint density at radius 1 is 0.929 bits per heavy atom. The van der Waals surface area contributed by atoms with Crippen molar-refractivity contribution in [1.82, 2.24) is 5.32 Å². The first kappa shape index (κ1) is 21.0. The standard InChI is InChI=1S/C21H26N4O3/c1-4-25(14(2)3)18-11-7-16(8-12-18)21(28)24-17-9-5-15(6-10-17)20(27)23-13-19(22)26/h5-12,14H,4,13H2,1-3H3,(H2,22,26)(H,23,27)(H,24,28). The number of nitrogens with zero attached hydrogens (tertiary/aromatic N) is 1. The summed E-state index contributed by atoms with van der Waals surface area (Å²) in [6, 6.07) is 14.2. The molecule has 0 heterocycles. The highest BCUT2D eigenvalue weighted by molar-refractivity contribution is 6.04. The summed E-state index contributed by atoms with van der Waals surface area (Å²) in [5.74, 6) is -1.25. The number of primary amides is 1. The molecule has 0 aliphatic heterocycles. The molecule has 0 saturated carbocycles. The molecule has 0 unspecified atom stereocenters. The summed E-state index contributed by atoms with van der Waals surface area (Å²) in [5.41, 5.74) is 7.56. The SMILES string of the molecule is CCN(c1ccc(C(=O)Nc2ccc(C(=O)NCC(N)=O)cc2)cc1)C(C)C. The molecule has 2 aromatic rings. The lowest BCUT2D eigenvalue weighted by atomic mass is 10.1. The van der Waals surface area contributed by atoms with Crippen molar-refractivity contribution in [2.45, 2.75) is 26.8 Å². The number of carbonyl (C=O) groups excluding carboxylic acids is 3. The maximum absolute atomic E-state index is 12.4. The van der Waals surface area contributed by atoms with E-state index in [-0.39, 0.29) is 12.5 Å². The lowest BCUT2D eigenvalue weighted by Crippen LogP contribution is -2.33. The van der Waals surface area contributed by atoms with Gasteiger partial charge in [0.05, 0.1) is 6.54 Å². The van der Waals surface area contributed by atoms with E-state index < -0.39 is 11.8 Å². The van der Waals surface area contributed by atoms with E-state index >= 15 is 0 Å². The van der Waals surface area contributed by atoms with Gasteiger partial charge in [-0.2, -0.15) is 0 Å². The summed E-state index contributed by atoms with van der Waals surface area (Å²) in [5, 5.41) is 5.21. The quantitative estimate of drug-likeness (QED) is 0.652. The monoisotopic (exact) mass is 382 g/mol. The van der Waals surface area contributed by atoms with E-state index in [1.165, 1.54) is 0 Å². The van der Waals surface area contributed by atoms with Crippen LogP contribution in [0.4, 0.5) is 11.4 Å². The van der Waals surface area contributed by atoms with E-state index in [4.69, 9.17) is 5.73 Å². The molecule has 0 aromatic heterocycles. The van der Waals surface area contributed by atoms with E-state index in [0.29, 0.717) is 22.9 Å². The molecule has 0 aliphatic carbocycles. The van der Waals surface area contributed by atoms with Gasteiger partial charge in [0.15, 0.2) is 0 Å². The third-order valence-corrected chi connectivity index (χ3v) is 4.25. The summed E-state index contributed by atoms with van der Waals surface area (Å²) < 4.78 is 0. The molecule has 0 bridgehead atoms. The van der Waals surface area contributed by atoms with Crippen LogP contribution in [0.1, 0.15) is 41.5 Å². The molecule has 4 N–H and O–H groups in total. The number of amides is 3. The molecule has 0 atom stereocenters. The molecule has 0 radical (unpaired) electrons. The zero-order valence-corrected chi connectivity index (χ0v) is 16.4. The minimum atomic E-state index is -0.612. The second kappa shape index (κ2) is 9.55. The summed E-state index contributed by atoms with van der Waals surface area (Å²) in [7, 11) is 0. The Labute approximate surface area is 164 Å². The predicted molar refractivity (Wildman–Crippen MR) is 111 cm³/mol. The lowest BCUT2D eigenvalue weighted by molar-refractivity contribution is -0.117. The second-order valence-corrected chi connectivity index (χ2v) is 6.61. The highest BCUT2D eigenvalue weighted by Crippen LogP contribution is 2.18. The van der Waals surface area contributed by atoms with E-state index in [9.17, 15) is 14.4 Å². The molecule has 7 nitrogen and oxygen atoms in total. The molecule has 2 aromatic carbocycles. The van der Waals surface area contributed by atoms with Gasteiger partial charge in [-0.3, -0.25) is 14.4 Å². The van der Waals surface area contributed by atoms with Crippen molar-refractivity contribution in [3.05, 3.63) is 59.7 Å². The second-order valence-electron chi connectivity index (χ2n) is 6.61. The Bertz CT molecular complexity index is 830. The van der Waals surface area contributed by atoms with Crippen LogP contribution in [0.15, 0.2) is 48.5 Å². The number of carbonyl (C=O) groups is 3. The molecule has 0 aliphatic rings. The molecule has 0 saturated heterocycles. The van der Waals surface area contributed by atoms with Gasteiger partial charge in [0.25, 0.3) is 11.8 Å². The summed E-state index contributed by atoms with van der Waals surface area (Å²) in [6.07, 6.45) is 0. The minimum Gasteiger partial charge on any atom is -0.369 e. The molecule has 7 heteroatoms. The van der Waals surface area contributed by atoms with Crippen LogP contribution in [0.2, 0.25) is 0 Å². The third kappa shape index (κ3) is 5.57. The van der Waals surface area contributed by atoms with Crippen LogP contribution >= 0.6 is 0 Å². The Morgan fingerprint density at radius 2 is 1.46 bits per heavy atom. The molecule has 0 fully saturated rings. The van der Waals surface area contributed by atoms with Gasteiger partial charge in [0.2, 0.25) is 5.91 Å². The van der Waals surface area contributed by atoms with Crippen LogP contribution in [-0.2, 0) is 4.79 Å². The van der Waals surface area contributed by atoms with Gasteiger partial charge >= 0.3 is 0 Å². The Hall–Kier alpha value is -3.35. The zero-order valence-electron chi connectivity index (χ0n) is 16.4. The van der Waals surface area contributed by atoms with Crippen LogP contribution in [0, 0.1) is 0 Å². The van der Waals surface area contributed by atoms with Crippen molar-refractivity contribution in [3.8, 4) is 0 Å². The van der Waals surface area contributed by atoms with Gasteiger partial charge < -0.3 is 21.3 Å².